The van der Waals surface area contributed by atoms with E-state index in [1.807, 2.05) is 26.0 Å². The fourth-order valence-electron chi connectivity index (χ4n) is 1.40. The number of carbonyl (C=O) groups is 1. The second kappa shape index (κ2) is 5.80. The van der Waals surface area contributed by atoms with Crippen LogP contribution in [0.15, 0.2) is 23.1 Å². The summed E-state index contributed by atoms with van der Waals surface area (Å²) >= 11 is 1.60. The molecule has 0 bridgehead atoms. The van der Waals surface area contributed by atoms with Gasteiger partial charge in [0, 0.05) is 22.1 Å². The maximum atomic E-state index is 10.9. The zero-order valence-corrected chi connectivity index (χ0v) is 10.4. The zero-order valence-electron chi connectivity index (χ0n) is 9.56. The molecule has 88 valence electrons. The lowest BCUT2D eigenvalue weighted by Crippen LogP contribution is -2.17. The van der Waals surface area contributed by atoms with Crippen molar-refractivity contribution in [2.75, 3.05) is 0 Å². The van der Waals surface area contributed by atoms with E-state index < -0.39 is 0 Å². The van der Waals surface area contributed by atoms with Gasteiger partial charge in [-0.1, -0.05) is 13.0 Å². The highest BCUT2D eigenvalue weighted by atomic mass is 32.2. The van der Waals surface area contributed by atoms with Gasteiger partial charge in [0.2, 0.25) is 5.91 Å². The number of thioether (sulfide) groups is 1. The number of amides is 1. The SMILES string of the molecule is CCC(CC(N)=O)Sc1cccc(O)c1C. The maximum absolute atomic E-state index is 10.9. The predicted octanol–water partition coefficient (Wildman–Crippen LogP) is 2.45. The van der Waals surface area contributed by atoms with Crippen molar-refractivity contribution >= 4 is 17.7 Å². The molecule has 0 radical (unpaired) electrons. The average Bonchev–Trinajstić information content (AvgIpc) is 2.23. The standard InChI is InChI=1S/C12H17NO2S/c1-3-9(7-12(13)15)16-11-6-4-5-10(14)8(11)2/h4-6,9,14H,3,7H2,1-2H3,(H2,13,15). The molecule has 0 heterocycles. The van der Waals surface area contributed by atoms with Crippen molar-refractivity contribution in [3.8, 4) is 5.75 Å². The smallest absolute Gasteiger partial charge is 0.218 e. The van der Waals surface area contributed by atoms with E-state index in [-0.39, 0.29) is 11.2 Å². The van der Waals surface area contributed by atoms with Gasteiger partial charge < -0.3 is 10.8 Å². The summed E-state index contributed by atoms with van der Waals surface area (Å²) in [5.41, 5.74) is 6.05. The van der Waals surface area contributed by atoms with Gasteiger partial charge in [-0.3, -0.25) is 4.79 Å². The first-order valence-corrected chi connectivity index (χ1v) is 6.16. The first-order chi connectivity index (χ1) is 7.54. The van der Waals surface area contributed by atoms with Crippen LogP contribution < -0.4 is 5.73 Å². The Labute approximate surface area is 100 Å². The van der Waals surface area contributed by atoms with Crippen molar-refractivity contribution in [2.45, 2.75) is 36.8 Å². The highest BCUT2D eigenvalue weighted by Crippen LogP contribution is 2.33. The van der Waals surface area contributed by atoms with Crippen LogP contribution in [0.25, 0.3) is 0 Å². The molecule has 0 fully saturated rings. The maximum Gasteiger partial charge on any atom is 0.218 e. The van der Waals surface area contributed by atoms with Crippen LogP contribution in [0.4, 0.5) is 0 Å². The minimum Gasteiger partial charge on any atom is -0.508 e. The van der Waals surface area contributed by atoms with E-state index in [2.05, 4.69) is 0 Å². The van der Waals surface area contributed by atoms with E-state index in [4.69, 9.17) is 5.73 Å². The molecule has 16 heavy (non-hydrogen) atoms. The largest absolute Gasteiger partial charge is 0.508 e. The molecule has 1 aromatic rings. The average molecular weight is 239 g/mol. The molecule has 3 N–H and O–H groups in total. The van der Waals surface area contributed by atoms with Crippen molar-refractivity contribution in [1.29, 1.82) is 0 Å². The van der Waals surface area contributed by atoms with Gasteiger partial charge >= 0.3 is 0 Å². The summed E-state index contributed by atoms with van der Waals surface area (Å²) in [5, 5.41) is 9.74. The third-order valence-corrected chi connectivity index (χ3v) is 3.96. The van der Waals surface area contributed by atoms with Crippen LogP contribution in [-0.2, 0) is 4.79 Å². The summed E-state index contributed by atoms with van der Waals surface area (Å²) in [4.78, 5) is 11.9. The monoisotopic (exact) mass is 239 g/mol. The number of nitrogens with two attached hydrogens (primary N) is 1. The second-order valence-corrected chi connectivity index (χ2v) is 5.06. The van der Waals surface area contributed by atoms with Gasteiger partial charge in [-0.15, -0.1) is 11.8 Å². The van der Waals surface area contributed by atoms with E-state index in [9.17, 15) is 9.90 Å². The van der Waals surface area contributed by atoms with Crippen LogP contribution in [0.3, 0.4) is 0 Å². The molecule has 1 atom stereocenters. The number of benzene rings is 1. The lowest BCUT2D eigenvalue weighted by atomic mass is 10.2. The van der Waals surface area contributed by atoms with Gasteiger partial charge in [-0.25, -0.2) is 0 Å². The zero-order chi connectivity index (χ0) is 12.1. The van der Waals surface area contributed by atoms with Gasteiger partial charge in [0.15, 0.2) is 0 Å². The molecular formula is C12H17NO2S. The molecule has 0 saturated carbocycles. The summed E-state index contributed by atoms with van der Waals surface area (Å²) in [6.07, 6.45) is 1.25. The molecule has 1 unspecified atom stereocenters. The van der Waals surface area contributed by atoms with E-state index in [1.165, 1.54) is 0 Å². The second-order valence-electron chi connectivity index (χ2n) is 3.72. The quantitative estimate of drug-likeness (QED) is 0.776. The van der Waals surface area contributed by atoms with Crippen molar-refractivity contribution in [1.82, 2.24) is 0 Å². The van der Waals surface area contributed by atoms with Crippen LogP contribution in [0.2, 0.25) is 0 Å². The Morgan fingerprint density at radius 1 is 1.56 bits per heavy atom. The molecule has 1 rings (SSSR count). The molecular weight excluding hydrogens is 222 g/mol. The number of carbonyl (C=O) groups excluding carboxylic acids is 1. The molecule has 0 aromatic heterocycles. The Bertz CT molecular complexity index is 379. The lowest BCUT2D eigenvalue weighted by molar-refractivity contribution is -0.118. The molecule has 4 heteroatoms. The van der Waals surface area contributed by atoms with Crippen LogP contribution in [-0.4, -0.2) is 16.3 Å². The van der Waals surface area contributed by atoms with Crippen LogP contribution in [0.1, 0.15) is 25.3 Å². The van der Waals surface area contributed by atoms with Crippen LogP contribution >= 0.6 is 11.8 Å². The molecule has 3 nitrogen and oxygen atoms in total. The Kier molecular flexibility index (Phi) is 4.68. The summed E-state index contributed by atoms with van der Waals surface area (Å²) in [6, 6.07) is 5.42. The minimum absolute atomic E-state index is 0.179. The number of primary amides is 1. The van der Waals surface area contributed by atoms with Crippen molar-refractivity contribution < 1.29 is 9.90 Å². The first kappa shape index (κ1) is 12.9. The Morgan fingerprint density at radius 3 is 2.81 bits per heavy atom. The summed E-state index contributed by atoms with van der Waals surface area (Å²) < 4.78 is 0. The fourth-order valence-corrected chi connectivity index (χ4v) is 2.62. The van der Waals surface area contributed by atoms with Gasteiger partial charge in [-0.05, 0) is 25.5 Å². The van der Waals surface area contributed by atoms with Gasteiger partial charge in [-0.2, -0.15) is 0 Å². The van der Waals surface area contributed by atoms with Gasteiger partial charge in [0.05, 0.1) is 0 Å². The molecule has 1 aromatic carbocycles. The highest BCUT2D eigenvalue weighted by molar-refractivity contribution is 8.00. The summed E-state index contributed by atoms with van der Waals surface area (Å²) in [6.45, 7) is 3.90. The molecule has 0 spiro atoms. The van der Waals surface area contributed by atoms with E-state index in [0.717, 1.165) is 16.9 Å². The first-order valence-electron chi connectivity index (χ1n) is 5.28. The topological polar surface area (TPSA) is 63.3 Å². The van der Waals surface area contributed by atoms with Crippen molar-refractivity contribution in [3.63, 3.8) is 0 Å². The molecule has 0 aliphatic heterocycles. The number of phenolic OH excluding ortho intramolecular Hbond substituents is 1. The normalized spacial score (nSPS) is 12.4. The van der Waals surface area contributed by atoms with Gasteiger partial charge in [0.1, 0.15) is 5.75 Å². The Hall–Kier alpha value is -1.16. The van der Waals surface area contributed by atoms with Crippen molar-refractivity contribution in [2.24, 2.45) is 5.73 Å². The van der Waals surface area contributed by atoms with E-state index in [0.29, 0.717) is 12.2 Å². The minimum atomic E-state index is -0.280. The molecule has 1 amide bonds. The van der Waals surface area contributed by atoms with E-state index >= 15 is 0 Å². The molecule has 0 aliphatic carbocycles. The third kappa shape index (κ3) is 3.45. The summed E-state index contributed by atoms with van der Waals surface area (Å²) in [7, 11) is 0. The molecule has 0 saturated heterocycles. The van der Waals surface area contributed by atoms with Crippen LogP contribution in [0.5, 0.6) is 5.75 Å². The number of aromatic hydroxyl groups is 1. The number of hydrogen-bond donors (Lipinski definition) is 2. The number of rotatable bonds is 5. The van der Waals surface area contributed by atoms with E-state index in [1.54, 1.807) is 17.8 Å². The number of hydrogen-bond acceptors (Lipinski definition) is 3. The third-order valence-electron chi connectivity index (χ3n) is 2.43. The number of phenols is 1. The lowest BCUT2D eigenvalue weighted by Gasteiger charge is -2.14. The predicted molar refractivity (Wildman–Crippen MR) is 66.6 cm³/mol. The van der Waals surface area contributed by atoms with Gasteiger partial charge in [0.25, 0.3) is 0 Å². The summed E-state index contributed by atoms with van der Waals surface area (Å²) in [5.74, 6) is 0.0103. The van der Waals surface area contributed by atoms with Crippen molar-refractivity contribution in [3.05, 3.63) is 23.8 Å². The Balaban J connectivity index is 2.77. The highest BCUT2D eigenvalue weighted by Gasteiger charge is 2.13. The van der Waals surface area contributed by atoms with Crippen LogP contribution in [0, 0.1) is 6.92 Å². The fraction of sp³-hybridized carbons (Fsp3) is 0.417. The Morgan fingerprint density at radius 2 is 2.25 bits per heavy atom. The molecule has 0 aliphatic rings.